The molecule has 0 aromatic carbocycles. The lowest BCUT2D eigenvalue weighted by atomic mass is 9.73. The molecule has 0 spiro atoms. The van der Waals surface area contributed by atoms with Gasteiger partial charge in [0.15, 0.2) is 5.82 Å². The van der Waals surface area contributed by atoms with Crippen LogP contribution in [0.5, 0.6) is 0 Å². The first kappa shape index (κ1) is 14.6. The molecule has 2 fully saturated rings. The van der Waals surface area contributed by atoms with E-state index in [0.29, 0.717) is 23.5 Å². The van der Waals surface area contributed by atoms with Crippen molar-refractivity contribution >= 4 is 28.3 Å². The second kappa shape index (κ2) is 5.48. The molecule has 1 heterocycles. The third kappa shape index (κ3) is 3.15. The fourth-order valence-corrected chi connectivity index (χ4v) is 3.79. The van der Waals surface area contributed by atoms with Gasteiger partial charge in [-0.15, -0.1) is 0 Å². The largest absolute Gasteiger partial charge is 0.382 e. The van der Waals surface area contributed by atoms with Crippen molar-refractivity contribution in [1.29, 1.82) is 0 Å². The van der Waals surface area contributed by atoms with Gasteiger partial charge in [0.25, 0.3) is 5.91 Å². The average molecular weight is 308 g/mol. The van der Waals surface area contributed by atoms with Crippen LogP contribution in [0.25, 0.3) is 0 Å². The van der Waals surface area contributed by atoms with Gasteiger partial charge in [0.05, 0.1) is 0 Å². The number of hydrogen-bond donors (Lipinski definition) is 3. The smallest absolute Gasteiger partial charge is 0.258 e. The molecule has 21 heavy (non-hydrogen) atoms. The summed E-state index contributed by atoms with van der Waals surface area (Å²) in [6, 6.07) is 0.703. The number of hydrogen-bond acceptors (Lipinski definition) is 5. The zero-order valence-corrected chi connectivity index (χ0v) is 13.6. The van der Waals surface area contributed by atoms with E-state index in [2.05, 4.69) is 28.9 Å². The summed E-state index contributed by atoms with van der Waals surface area (Å²) in [5, 5.41) is 7.38. The van der Waals surface area contributed by atoms with Crippen molar-refractivity contribution < 1.29 is 4.79 Å². The Kier molecular flexibility index (Phi) is 3.82. The second-order valence-electron chi connectivity index (χ2n) is 6.95. The van der Waals surface area contributed by atoms with Crippen LogP contribution >= 0.6 is 11.5 Å². The van der Waals surface area contributed by atoms with E-state index in [9.17, 15) is 4.79 Å². The lowest BCUT2D eigenvalue weighted by Crippen LogP contribution is -2.39. The van der Waals surface area contributed by atoms with Gasteiger partial charge in [-0.1, -0.05) is 26.7 Å². The van der Waals surface area contributed by atoms with Crippen LogP contribution < -0.4 is 16.4 Å². The maximum Gasteiger partial charge on any atom is 0.258 e. The number of nitrogens with zero attached hydrogens (tertiary/aromatic N) is 1. The minimum atomic E-state index is -0.0835. The molecule has 5 nitrogen and oxygen atoms in total. The van der Waals surface area contributed by atoms with E-state index in [4.69, 9.17) is 5.73 Å². The molecule has 6 heteroatoms. The van der Waals surface area contributed by atoms with E-state index >= 15 is 0 Å². The first-order chi connectivity index (χ1) is 9.97. The zero-order valence-electron chi connectivity index (χ0n) is 12.7. The Bertz CT molecular complexity index is 536. The van der Waals surface area contributed by atoms with Gasteiger partial charge in [0, 0.05) is 12.1 Å². The van der Waals surface area contributed by atoms with Gasteiger partial charge in [-0.2, -0.15) is 4.37 Å². The summed E-state index contributed by atoms with van der Waals surface area (Å²) in [4.78, 5) is 12.3. The van der Waals surface area contributed by atoms with Crippen molar-refractivity contribution in [3.63, 3.8) is 0 Å². The van der Waals surface area contributed by atoms with Gasteiger partial charge in [-0.3, -0.25) is 4.79 Å². The van der Waals surface area contributed by atoms with Gasteiger partial charge < -0.3 is 16.4 Å². The van der Waals surface area contributed by atoms with Crippen LogP contribution in [0, 0.1) is 5.41 Å². The van der Waals surface area contributed by atoms with Gasteiger partial charge >= 0.3 is 0 Å². The van der Waals surface area contributed by atoms with E-state index in [1.807, 2.05) is 0 Å². The number of aromatic nitrogens is 1. The molecule has 0 aliphatic heterocycles. The molecule has 1 atom stereocenters. The van der Waals surface area contributed by atoms with Crippen molar-refractivity contribution in [3.05, 3.63) is 5.56 Å². The summed E-state index contributed by atoms with van der Waals surface area (Å²) >= 11 is 1.30. The van der Waals surface area contributed by atoms with Crippen molar-refractivity contribution in [1.82, 2.24) is 9.69 Å². The predicted molar refractivity (Wildman–Crippen MR) is 86.7 cm³/mol. The Morgan fingerprint density at radius 1 is 1.33 bits per heavy atom. The fraction of sp³-hybridized carbons (Fsp3) is 0.733. The highest BCUT2D eigenvalue weighted by Gasteiger charge is 2.34. The Hall–Kier alpha value is -1.30. The molecule has 3 rings (SSSR count). The van der Waals surface area contributed by atoms with E-state index in [1.54, 1.807) is 0 Å². The molecule has 1 aromatic rings. The minimum absolute atomic E-state index is 0.0835. The monoisotopic (exact) mass is 308 g/mol. The van der Waals surface area contributed by atoms with Gasteiger partial charge in [-0.25, -0.2) is 0 Å². The maximum absolute atomic E-state index is 12.3. The molecular formula is C15H24N4OS. The van der Waals surface area contributed by atoms with Crippen LogP contribution in [0.3, 0.4) is 0 Å². The highest BCUT2D eigenvalue weighted by atomic mass is 32.1. The van der Waals surface area contributed by atoms with Crippen molar-refractivity contribution in [3.8, 4) is 0 Å². The molecule has 0 radical (unpaired) electrons. The third-order valence-electron chi connectivity index (χ3n) is 4.67. The molecular weight excluding hydrogens is 284 g/mol. The van der Waals surface area contributed by atoms with Gasteiger partial charge in [0.2, 0.25) is 0 Å². The zero-order chi connectivity index (χ0) is 15.0. The van der Waals surface area contributed by atoms with Crippen molar-refractivity contribution in [2.75, 3.05) is 11.1 Å². The molecule has 0 bridgehead atoms. The number of rotatable bonds is 4. The van der Waals surface area contributed by atoms with Crippen molar-refractivity contribution in [2.24, 2.45) is 5.41 Å². The molecule has 2 aliphatic rings. The SMILES string of the molecule is CC1(C)CCCCC1Nc1snc(N)c1C(=O)NC1CC1. The molecule has 1 aromatic heterocycles. The lowest BCUT2D eigenvalue weighted by Gasteiger charge is -2.39. The minimum Gasteiger partial charge on any atom is -0.382 e. The number of amides is 1. The second-order valence-corrected chi connectivity index (χ2v) is 7.72. The molecule has 2 aliphatic carbocycles. The first-order valence-corrected chi connectivity index (χ1v) is 8.57. The number of carbonyl (C=O) groups excluding carboxylic acids is 1. The number of nitrogen functional groups attached to an aromatic ring is 1. The predicted octanol–water partition coefficient (Wildman–Crippen LogP) is 3.00. The first-order valence-electron chi connectivity index (χ1n) is 7.80. The molecule has 1 unspecified atom stereocenters. The van der Waals surface area contributed by atoms with Gasteiger partial charge in [0.1, 0.15) is 10.6 Å². The van der Waals surface area contributed by atoms with Crippen LogP contribution in [-0.2, 0) is 0 Å². The summed E-state index contributed by atoms with van der Waals surface area (Å²) in [5.41, 5.74) is 6.68. The normalized spacial score (nSPS) is 24.6. The molecule has 2 saturated carbocycles. The summed E-state index contributed by atoms with van der Waals surface area (Å²) in [5.74, 6) is 0.258. The summed E-state index contributed by atoms with van der Waals surface area (Å²) < 4.78 is 4.17. The molecule has 4 N–H and O–H groups in total. The third-order valence-corrected chi connectivity index (χ3v) is 5.46. The topological polar surface area (TPSA) is 80.0 Å². The van der Waals surface area contributed by atoms with Gasteiger partial charge in [-0.05, 0) is 42.6 Å². The molecule has 1 amide bonds. The number of nitrogens with one attached hydrogen (secondary N) is 2. The summed E-state index contributed by atoms with van der Waals surface area (Å²) in [7, 11) is 0. The fourth-order valence-electron chi connectivity index (χ4n) is 3.03. The Labute approximate surface area is 129 Å². The summed E-state index contributed by atoms with van der Waals surface area (Å²) in [6.07, 6.45) is 7.00. The quantitative estimate of drug-likeness (QED) is 0.799. The van der Waals surface area contributed by atoms with Crippen LogP contribution in [0.15, 0.2) is 0 Å². The van der Waals surface area contributed by atoms with E-state index in [-0.39, 0.29) is 11.3 Å². The Balaban J connectivity index is 1.77. The van der Waals surface area contributed by atoms with Crippen LogP contribution in [0.4, 0.5) is 10.8 Å². The number of nitrogens with two attached hydrogens (primary N) is 1. The summed E-state index contributed by atoms with van der Waals surface area (Å²) in [6.45, 7) is 4.58. The highest BCUT2D eigenvalue weighted by molar-refractivity contribution is 7.11. The molecule has 0 saturated heterocycles. The van der Waals surface area contributed by atoms with E-state index in [0.717, 1.165) is 24.3 Å². The standard InChI is InChI=1S/C15H24N4OS/c1-15(2)8-4-3-5-10(15)18-14-11(12(16)19-21-14)13(20)17-9-6-7-9/h9-10,18H,3-8H2,1-2H3,(H2,16,19)(H,17,20). The number of anilines is 2. The van der Waals surface area contributed by atoms with E-state index < -0.39 is 0 Å². The number of carbonyl (C=O) groups is 1. The Morgan fingerprint density at radius 2 is 2.10 bits per heavy atom. The van der Waals surface area contributed by atoms with Crippen LogP contribution in [0.2, 0.25) is 0 Å². The van der Waals surface area contributed by atoms with Crippen LogP contribution in [0.1, 0.15) is 62.7 Å². The van der Waals surface area contributed by atoms with Crippen molar-refractivity contribution in [2.45, 2.75) is 64.5 Å². The lowest BCUT2D eigenvalue weighted by molar-refractivity contribution is 0.0952. The highest BCUT2D eigenvalue weighted by Crippen LogP contribution is 2.39. The van der Waals surface area contributed by atoms with E-state index in [1.165, 1.54) is 30.8 Å². The average Bonchev–Trinajstić information content (AvgIpc) is 3.14. The Morgan fingerprint density at radius 3 is 2.76 bits per heavy atom. The maximum atomic E-state index is 12.3. The molecule has 116 valence electrons. The van der Waals surface area contributed by atoms with Crippen LogP contribution in [-0.4, -0.2) is 22.4 Å².